The van der Waals surface area contributed by atoms with E-state index < -0.39 is 24.7 Å². The van der Waals surface area contributed by atoms with E-state index in [1.54, 1.807) is 5.32 Å². The maximum atomic E-state index is 11.9. The van der Waals surface area contributed by atoms with Gasteiger partial charge in [-0.3, -0.25) is 15.0 Å². The van der Waals surface area contributed by atoms with Crippen molar-refractivity contribution in [2.75, 3.05) is 26.2 Å². The van der Waals surface area contributed by atoms with E-state index in [1.807, 2.05) is 24.1 Å². The number of hydrogen-bond acceptors (Lipinski definition) is 4. The summed E-state index contributed by atoms with van der Waals surface area (Å²) in [5.74, 6) is -0.638. The third kappa shape index (κ3) is 6.30. The highest BCUT2D eigenvalue weighted by molar-refractivity contribution is 5.95. The Kier molecular flexibility index (Phi) is 5.57. The molecule has 122 valence electrons. The standard InChI is InChI=1S/C12H21F3N4O2/c1-11(2)7-19(4-3-8(11)16)5-9(20)18-10(21)17-6-12(13,14)15/h8H,3-7,16H2,1-2H3,(H2,17,18,20,21). The lowest BCUT2D eigenvalue weighted by atomic mass is 9.80. The van der Waals surface area contributed by atoms with Gasteiger partial charge in [0.25, 0.3) is 0 Å². The quantitative estimate of drug-likeness (QED) is 0.705. The molecule has 1 fully saturated rings. The first-order valence-corrected chi connectivity index (χ1v) is 6.62. The number of rotatable bonds is 3. The molecule has 0 bridgehead atoms. The van der Waals surface area contributed by atoms with Gasteiger partial charge in [0.2, 0.25) is 5.91 Å². The molecule has 6 nitrogen and oxygen atoms in total. The number of amides is 3. The Morgan fingerprint density at radius 3 is 2.52 bits per heavy atom. The van der Waals surface area contributed by atoms with Crippen molar-refractivity contribution in [2.24, 2.45) is 11.1 Å². The van der Waals surface area contributed by atoms with Crippen molar-refractivity contribution in [1.82, 2.24) is 15.5 Å². The van der Waals surface area contributed by atoms with Crippen LogP contribution in [0, 0.1) is 5.41 Å². The zero-order valence-electron chi connectivity index (χ0n) is 12.1. The van der Waals surface area contributed by atoms with Crippen molar-refractivity contribution in [3.63, 3.8) is 0 Å². The van der Waals surface area contributed by atoms with E-state index in [0.29, 0.717) is 13.1 Å². The van der Waals surface area contributed by atoms with Crippen molar-refractivity contribution in [3.05, 3.63) is 0 Å². The molecule has 1 unspecified atom stereocenters. The van der Waals surface area contributed by atoms with Crippen LogP contribution in [0.15, 0.2) is 0 Å². The fourth-order valence-electron chi connectivity index (χ4n) is 2.21. The molecule has 0 aromatic rings. The maximum Gasteiger partial charge on any atom is 0.405 e. The molecule has 1 aliphatic rings. The molecule has 1 aliphatic heterocycles. The van der Waals surface area contributed by atoms with Crippen LogP contribution in [-0.4, -0.2) is 55.2 Å². The van der Waals surface area contributed by atoms with Gasteiger partial charge in [-0.25, -0.2) is 4.79 Å². The lowest BCUT2D eigenvalue weighted by Gasteiger charge is -2.42. The summed E-state index contributed by atoms with van der Waals surface area (Å²) in [6.45, 7) is 3.65. The Balaban J connectivity index is 2.35. The molecule has 3 amide bonds. The molecule has 1 atom stereocenters. The zero-order chi connectivity index (χ0) is 16.3. The van der Waals surface area contributed by atoms with E-state index >= 15 is 0 Å². The average Bonchev–Trinajstić information content (AvgIpc) is 2.30. The minimum atomic E-state index is -4.51. The summed E-state index contributed by atoms with van der Waals surface area (Å²) in [6, 6.07) is -1.11. The van der Waals surface area contributed by atoms with Crippen LogP contribution in [0.2, 0.25) is 0 Å². The zero-order valence-corrected chi connectivity index (χ0v) is 12.1. The molecule has 1 rings (SSSR count). The molecule has 0 spiro atoms. The number of halogens is 3. The second-order valence-corrected chi connectivity index (χ2v) is 5.94. The minimum absolute atomic E-state index is 0.0342. The summed E-state index contributed by atoms with van der Waals surface area (Å²) in [5, 5.41) is 3.46. The molecule has 9 heteroatoms. The van der Waals surface area contributed by atoms with Gasteiger partial charge in [0.15, 0.2) is 0 Å². The second-order valence-electron chi connectivity index (χ2n) is 5.94. The summed E-state index contributed by atoms with van der Waals surface area (Å²) in [4.78, 5) is 24.6. The van der Waals surface area contributed by atoms with E-state index in [4.69, 9.17) is 5.73 Å². The van der Waals surface area contributed by atoms with Gasteiger partial charge in [0.05, 0.1) is 6.54 Å². The first kappa shape index (κ1) is 17.7. The molecule has 1 saturated heterocycles. The average molecular weight is 310 g/mol. The van der Waals surface area contributed by atoms with Gasteiger partial charge in [-0.2, -0.15) is 13.2 Å². The van der Waals surface area contributed by atoms with Crippen LogP contribution in [0.25, 0.3) is 0 Å². The normalized spacial score (nSPS) is 22.7. The monoisotopic (exact) mass is 310 g/mol. The number of nitrogens with two attached hydrogens (primary N) is 1. The van der Waals surface area contributed by atoms with Crippen LogP contribution in [0.3, 0.4) is 0 Å². The first-order valence-electron chi connectivity index (χ1n) is 6.62. The second kappa shape index (κ2) is 6.61. The lowest BCUT2D eigenvalue weighted by molar-refractivity contribution is -0.125. The SMILES string of the molecule is CC1(C)CN(CC(=O)NC(=O)NCC(F)(F)F)CCC1N. The first-order chi connectivity index (χ1) is 9.49. The molecular formula is C12H21F3N4O2. The summed E-state index contributed by atoms with van der Waals surface area (Å²) in [5.41, 5.74) is 5.81. The highest BCUT2D eigenvalue weighted by Crippen LogP contribution is 2.27. The molecule has 0 radical (unpaired) electrons. The maximum absolute atomic E-state index is 11.9. The van der Waals surface area contributed by atoms with Crippen LogP contribution < -0.4 is 16.4 Å². The fourth-order valence-corrected chi connectivity index (χ4v) is 2.21. The van der Waals surface area contributed by atoms with Gasteiger partial charge in [-0.05, 0) is 11.8 Å². The number of nitrogens with zero attached hydrogens (tertiary/aromatic N) is 1. The van der Waals surface area contributed by atoms with E-state index in [2.05, 4.69) is 0 Å². The Hall–Kier alpha value is -1.35. The lowest BCUT2D eigenvalue weighted by Crippen LogP contribution is -2.55. The number of alkyl halides is 3. The van der Waals surface area contributed by atoms with E-state index in [0.717, 1.165) is 6.42 Å². The Morgan fingerprint density at radius 1 is 1.38 bits per heavy atom. The van der Waals surface area contributed by atoms with Crippen LogP contribution >= 0.6 is 0 Å². The van der Waals surface area contributed by atoms with Crippen LogP contribution in [0.1, 0.15) is 20.3 Å². The van der Waals surface area contributed by atoms with Crippen molar-refractivity contribution in [2.45, 2.75) is 32.5 Å². The molecule has 0 aromatic carbocycles. The van der Waals surface area contributed by atoms with Gasteiger partial charge >= 0.3 is 12.2 Å². The molecule has 0 aliphatic carbocycles. The van der Waals surface area contributed by atoms with Crippen LogP contribution in [0.4, 0.5) is 18.0 Å². The highest BCUT2D eigenvalue weighted by atomic mass is 19.4. The van der Waals surface area contributed by atoms with E-state index in [9.17, 15) is 22.8 Å². The molecule has 0 aromatic heterocycles. The van der Waals surface area contributed by atoms with Gasteiger partial charge in [-0.15, -0.1) is 0 Å². The van der Waals surface area contributed by atoms with Crippen LogP contribution in [0.5, 0.6) is 0 Å². The highest BCUT2D eigenvalue weighted by Gasteiger charge is 2.34. The smallest absolute Gasteiger partial charge is 0.329 e. The van der Waals surface area contributed by atoms with Crippen LogP contribution in [-0.2, 0) is 4.79 Å². The van der Waals surface area contributed by atoms with Crippen molar-refractivity contribution in [3.8, 4) is 0 Å². The van der Waals surface area contributed by atoms with Gasteiger partial charge in [0.1, 0.15) is 6.54 Å². The molecule has 0 saturated carbocycles. The summed E-state index contributed by atoms with van der Waals surface area (Å²) in [6.07, 6.45) is -3.78. The van der Waals surface area contributed by atoms with Gasteiger partial charge < -0.3 is 11.1 Å². The topological polar surface area (TPSA) is 87.5 Å². The number of likely N-dealkylation sites (tertiary alicyclic amines) is 1. The number of carbonyl (C=O) groups is 2. The summed E-state index contributed by atoms with van der Waals surface area (Å²) < 4.78 is 35.7. The van der Waals surface area contributed by atoms with Crippen molar-refractivity contribution < 1.29 is 22.8 Å². The van der Waals surface area contributed by atoms with Crippen molar-refractivity contribution >= 4 is 11.9 Å². The number of piperidine rings is 1. The van der Waals surface area contributed by atoms with Gasteiger partial charge in [0, 0.05) is 19.1 Å². The predicted octanol–water partition coefficient (Wildman–Crippen LogP) is 0.434. The fraction of sp³-hybridized carbons (Fsp3) is 0.833. The summed E-state index contributed by atoms with van der Waals surface area (Å²) >= 11 is 0. The minimum Gasteiger partial charge on any atom is -0.329 e. The molecule has 21 heavy (non-hydrogen) atoms. The van der Waals surface area contributed by atoms with E-state index in [1.165, 1.54) is 0 Å². The Labute approximate surface area is 121 Å². The number of imide groups is 1. The van der Waals surface area contributed by atoms with Crippen molar-refractivity contribution in [1.29, 1.82) is 0 Å². The molecular weight excluding hydrogens is 289 g/mol. The number of nitrogens with one attached hydrogen (secondary N) is 2. The number of hydrogen-bond donors (Lipinski definition) is 3. The number of urea groups is 1. The Bertz CT molecular complexity index is 398. The Morgan fingerprint density at radius 2 is 2.00 bits per heavy atom. The van der Waals surface area contributed by atoms with Gasteiger partial charge in [-0.1, -0.05) is 13.8 Å². The predicted molar refractivity (Wildman–Crippen MR) is 70.4 cm³/mol. The summed E-state index contributed by atoms with van der Waals surface area (Å²) in [7, 11) is 0. The third-order valence-electron chi connectivity index (χ3n) is 3.46. The molecule has 4 N–H and O–H groups in total. The largest absolute Gasteiger partial charge is 0.405 e. The third-order valence-corrected chi connectivity index (χ3v) is 3.46. The van der Waals surface area contributed by atoms with E-state index in [-0.39, 0.29) is 18.0 Å². The number of carbonyl (C=O) groups excluding carboxylic acids is 2. The molecule has 1 heterocycles.